The Bertz CT molecular complexity index is 5760. The van der Waals surface area contributed by atoms with Crippen LogP contribution in [-0.4, -0.2) is 291 Å². The third kappa shape index (κ3) is 28.2. The summed E-state index contributed by atoms with van der Waals surface area (Å²) in [4.78, 5) is 232. The fourth-order valence-electron chi connectivity index (χ4n) is 20.0. The van der Waals surface area contributed by atoms with E-state index in [9.17, 15) is 83.1 Å². The number of carbonyl (C=O) groups is 12. The summed E-state index contributed by atoms with van der Waals surface area (Å²) in [5.41, 5.74) is 10.5. The minimum atomic E-state index is -2.59. The molecule has 2 saturated heterocycles. The summed E-state index contributed by atoms with van der Waals surface area (Å²) in [5, 5.41) is 69.3. The van der Waals surface area contributed by atoms with Gasteiger partial charge in [0.1, 0.15) is 49.5 Å². The summed E-state index contributed by atoms with van der Waals surface area (Å²) < 4.78 is 23.0. The number of terminal acetylenes is 1. The number of hydrazine groups is 1. The van der Waals surface area contributed by atoms with Gasteiger partial charge in [0.15, 0.2) is 11.4 Å². The standard InChI is InChI=1S/C66H91N9O16S2.C28H31N5O6S2.3CO2/c1-9-42(77)27-38(4)54(80)68-40(6)50(78)28-39(5)55(81)70-48(56(82)83)33-67-52(79)18-25-92-93-26-24-91-61(86)72-71-60(85)66(88)58-65(20-23-75-21-14-19-63(11-3,57(65)75)59(66)84)45-29-46(51(89-8)30-49(45)73(58)7)64(36-90-37-76)32-41-31-62(87,10-2)35-74(34-41)22-17-44-43-15-12-13-16-47(43)69-53(44)64;1-3-13-33(17-18-5-10-22-21(16-18)26(36)32-28(29)31-22)20-8-6-19(7-9-20)25(35)30-23(27(37)38)11-12-24(34)39-14-15-41-40-4-2;3*2-1-3/h12-16,19,29-30,37-41,48,57-59,69,84,87-88H,9-11,17-18,20-28,31-36H2,1-8H3,(H,67,79)(H,68,80)(H,70,81)(H,71,85)(H,72,86)(H,82,83);1,5-10,16,23H,4,11-15,17H2,2H3,(H,30,35)(H,37,38)(H3,29,31,32,36);;;/t38-,39-,40+,41-,48+,57+,58-,59-,62+,63-,64+,65-,66+;23-;;;/m10.../s1. The minimum absolute atomic E-state index is 0.0294. The van der Waals surface area contributed by atoms with Crippen molar-refractivity contribution >= 4 is 172 Å². The molecule has 46 heteroatoms. The van der Waals surface area contributed by atoms with Gasteiger partial charge in [0, 0.05) is 175 Å². The molecular weight excluding hydrogens is 1940 g/mol. The van der Waals surface area contributed by atoms with Crippen LogP contribution >= 0.6 is 43.2 Å². The Morgan fingerprint density at radius 2 is 1.42 bits per heavy atom. The fraction of sp³-hybridized carbons (Fsp3) is 0.515. The lowest BCUT2D eigenvalue weighted by Crippen LogP contribution is -2.82. The lowest BCUT2D eigenvalue weighted by Gasteiger charge is -2.63. The molecule has 3 fully saturated rings. The number of H-pyrrole nitrogens is 2. The quantitative estimate of drug-likeness (QED) is 0.00355. The van der Waals surface area contributed by atoms with Gasteiger partial charge in [-0.3, -0.25) is 68.2 Å². The van der Waals surface area contributed by atoms with Crippen LogP contribution in [0.25, 0.3) is 21.8 Å². The molecule has 1 aliphatic carbocycles. The zero-order valence-corrected chi connectivity index (χ0v) is 83.9. The number of ether oxygens (including phenoxy) is 4. The Morgan fingerprint density at radius 3 is 2.07 bits per heavy atom. The molecule has 1 saturated carbocycles. The van der Waals surface area contributed by atoms with Crippen molar-refractivity contribution in [1.29, 1.82) is 0 Å². The third-order valence-electron chi connectivity index (χ3n) is 26.5. The van der Waals surface area contributed by atoms with Crippen LogP contribution in [0.15, 0.2) is 95.8 Å². The van der Waals surface area contributed by atoms with Crippen LogP contribution in [0.5, 0.6) is 5.75 Å². The molecule has 0 radical (unpaired) electrons. The van der Waals surface area contributed by atoms with Crippen LogP contribution in [0.2, 0.25) is 0 Å². The Labute approximate surface area is 840 Å². The molecule has 1 unspecified atom stereocenters. The highest BCUT2D eigenvalue weighted by molar-refractivity contribution is 8.77. The van der Waals surface area contributed by atoms with Gasteiger partial charge in [0.05, 0.1) is 47.7 Å². The van der Waals surface area contributed by atoms with E-state index in [1.165, 1.54) is 35.4 Å². The predicted molar refractivity (Wildman–Crippen MR) is 527 cm³/mol. The second-order valence-electron chi connectivity index (χ2n) is 35.3. The van der Waals surface area contributed by atoms with E-state index in [0.717, 1.165) is 50.3 Å². The summed E-state index contributed by atoms with van der Waals surface area (Å²) in [5.74, 6) is -3.52. The first-order valence-corrected chi connectivity index (χ1v) is 51.2. The second kappa shape index (κ2) is 54.1. The summed E-state index contributed by atoms with van der Waals surface area (Å²) in [6, 6.07) is 18.7. The van der Waals surface area contributed by atoms with E-state index in [0.29, 0.717) is 112 Å². The third-order valence-corrected chi connectivity index (χ3v) is 31.3. The molecule has 6 aromatic rings. The van der Waals surface area contributed by atoms with Gasteiger partial charge in [-0.2, -0.15) is 28.8 Å². The number of aromatic nitrogens is 3. The average Bonchev–Trinajstić information content (AvgIpc) is 1.48. The van der Waals surface area contributed by atoms with E-state index in [1.807, 2.05) is 73.1 Å². The van der Waals surface area contributed by atoms with E-state index in [-0.39, 0.29) is 124 Å². The number of nitrogens with zero attached hydrogens (tertiary/aromatic N) is 5. The summed E-state index contributed by atoms with van der Waals surface area (Å²) in [7, 11) is 9.20. The number of fused-ring (bicyclic) bond motifs is 7. The number of hydrogen-bond acceptors (Lipinski definition) is 36. The molecule has 6 aliphatic rings. The number of aliphatic hydroxyl groups is 3. The number of nitrogens with two attached hydrogens (primary N) is 1. The highest BCUT2D eigenvalue weighted by Gasteiger charge is 2.79. The second-order valence-corrected chi connectivity index (χ2v) is 40.9. The first-order valence-electron chi connectivity index (χ1n) is 46.3. The summed E-state index contributed by atoms with van der Waals surface area (Å²) >= 11 is 0. The van der Waals surface area contributed by atoms with Crippen molar-refractivity contribution in [3.05, 3.63) is 135 Å². The van der Waals surface area contributed by atoms with Gasteiger partial charge in [-0.15, -0.1) is 6.42 Å². The highest BCUT2D eigenvalue weighted by Crippen LogP contribution is 2.68. The number of rotatable bonds is 43. The topological polar surface area (TPSA) is 618 Å². The monoisotopic (exact) mass is 2060 g/mol. The van der Waals surface area contributed by atoms with Gasteiger partial charge in [0.25, 0.3) is 23.8 Å². The SMILES string of the molecule is C#CCN(Cc1ccc2nc(N)[nH]c(=O)c2c1)c1ccc(C(=O)N[C@@H](CCC(=O)OCCSSCC)C(=O)O)cc1.CCC(=O)C[C@@H](C)C(=O)N[C@@H](C)C(=O)C[C@@H](C)C(=O)N[C@@H](CNC(=O)CCSSCCOC(=O)NNC(=O)[C@@]1(O)[C@H](O)[C@]2(CC)C=CCN3CC[C@@]4(c5cc([C@@]6(COC=O)C[C@@H]7CN(CCc8c6[nH]c6ccccc86)C[C@](O)(CC)C7)c(OC)cc5N(C)[C@@H]14)[C@@H]32)C(=O)O.O=C=O.O=C=O.O=C=O. The van der Waals surface area contributed by atoms with Crippen molar-refractivity contribution in [3.8, 4) is 18.1 Å². The first-order chi connectivity index (χ1) is 68.3. The number of carbonyl (C=O) groups excluding carboxylic acids is 16. The molecule has 2 aromatic heterocycles. The number of esters is 1. The number of amides is 6. The Balaban J connectivity index is 0.000000414. The van der Waals surface area contributed by atoms with Crippen molar-refractivity contribution in [2.75, 3.05) is 118 Å². The number of piperidine rings is 1. The molecule has 2 bridgehead atoms. The molecule has 12 rings (SSSR count). The normalized spacial score (nSPS) is 22.2. The molecule has 7 heterocycles. The number of benzene rings is 4. The number of anilines is 3. The number of hydrogen-bond donors (Lipinski definition) is 14. The number of methoxy groups -OCH3 is 1. The van der Waals surface area contributed by atoms with Crippen molar-refractivity contribution < 1.29 is 131 Å². The van der Waals surface area contributed by atoms with E-state index < -0.39 is 141 Å². The number of nitrogen functional groups attached to an aromatic ring is 1. The average molecular weight is 2060 g/mol. The molecule has 42 nitrogen and oxygen atoms in total. The van der Waals surface area contributed by atoms with Gasteiger partial charge in [0.2, 0.25) is 23.7 Å². The van der Waals surface area contributed by atoms with Crippen LogP contribution in [0.3, 0.4) is 0 Å². The van der Waals surface area contributed by atoms with Gasteiger partial charge in [-0.05, 0) is 130 Å². The summed E-state index contributed by atoms with van der Waals surface area (Å²) in [6.45, 7) is 15.9. The number of Topliss-reactive ketones (excluding diaryl/α,β-unsaturated/α-hetero) is 2. The molecule has 4 aromatic carbocycles. The maximum Gasteiger partial charge on any atom is 0.426 e. The van der Waals surface area contributed by atoms with Crippen LogP contribution < -0.4 is 57.9 Å². The number of para-hydroxylation sites is 1. The molecule has 143 heavy (non-hydrogen) atoms. The molecule has 15 N–H and O–H groups in total. The largest absolute Gasteiger partial charge is 0.496 e. The zero-order valence-electron chi connectivity index (χ0n) is 80.7. The number of nitrogens with one attached hydrogen (secondary N) is 8. The zero-order chi connectivity index (χ0) is 105. The molecular formula is C97H122N14O28S4. The van der Waals surface area contributed by atoms with E-state index >= 15 is 4.79 Å². The first kappa shape index (κ1) is 115. The lowest BCUT2D eigenvalue weighted by atomic mass is 9.47. The molecule has 5 aliphatic heterocycles. The van der Waals surface area contributed by atoms with Crippen LogP contribution in [0.1, 0.15) is 157 Å². The Kier molecular flexibility index (Phi) is 43.7. The van der Waals surface area contributed by atoms with Crippen molar-refractivity contribution in [1.82, 2.24) is 56.9 Å². The highest BCUT2D eigenvalue weighted by atomic mass is 33.1. The number of carboxylic acids is 2. The Morgan fingerprint density at radius 1 is 0.755 bits per heavy atom. The fourth-order valence-corrected chi connectivity index (χ4v) is 23.3. The maximum absolute atomic E-state index is 15.1. The van der Waals surface area contributed by atoms with Gasteiger partial charge < -0.3 is 86.3 Å². The van der Waals surface area contributed by atoms with Gasteiger partial charge in [-0.1, -0.05) is 127 Å². The maximum atomic E-state index is 15.1. The van der Waals surface area contributed by atoms with E-state index in [1.54, 1.807) is 86.0 Å². The molecule has 772 valence electrons. The van der Waals surface area contributed by atoms with Crippen molar-refractivity contribution in [3.63, 3.8) is 0 Å². The summed E-state index contributed by atoms with van der Waals surface area (Å²) in [6.07, 6.45) is 10.2. The number of likely N-dealkylation sites (N-methyl/N-ethyl adjacent to an activating group) is 1. The van der Waals surface area contributed by atoms with Crippen molar-refractivity contribution in [2.45, 2.75) is 190 Å². The number of ketones is 2. The predicted octanol–water partition coefficient (Wildman–Crippen LogP) is 4.87. The Hall–Kier alpha value is -12.8. The smallest absolute Gasteiger partial charge is 0.426 e. The number of aromatic amines is 2. The van der Waals surface area contributed by atoms with E-state index in [2.05, 4.69) is 74.9 Å². The van der Waals surface area contributed by atoms with Crippen LogP contribution in [0, 0.1) is 35.5 Å². The van der Waals surface area contributed by atoms with Gasteiger partial charge >= 0.3 is 42.5 Å². The number of aliphatic hydroxyl groups excluding tert-OH is 1. The van der Waals surface area contributed by atoms with Gasteiger partial charge in [-0.25, -0.2) is 24.8 Å². The molecule has 1 spiro atoms. The van der Waals surface area contributed by atoms with Crippen LogP contribution in [-0.2, 0) is 115 Å². The number of carboxylic acid groups (broad SMARTS) is 2. The minimum Gasteiger partial charge on any atom is -0.496 e. The lowest BCUT2D eigenvalue weighted by molar-refractivity contribution is -0.204. The molecule has 15 atom stereocenters. The molecule has 6 amide bonds. The van der Waals surface area contributed by atoms with Crippen molar-refractivity contribution in [2.24, 2.45) is 23.2 Å². The van der Waals surface area contributed by atoms with E-state index in [4.69, 9.17) is 59.9 Å². The van der Waals surface area contributed by atoms with Crippen LogP contribution in [0.4, 0.5) is 22.1 Å². The number of aliphatic carboxylic acids is 2.